The third-order valence-electron chi connectivity index (χ3n) is 7.70. The van der Waals surface area contributed by atoms with Gasteiger partial charge < -0.3 is 10.1 Å². The number of ether oxygens (including phenoxy) is 1. The topological polar surface area (TPSA) is 93.2 Å². The van der Waals surface area contributed by atoms with E-state index in [0.29, 0.717) is 18.4 Å². The van der Waals surface area contributed by atoms with Crippen LogP contribution in [0.1, 0.15) is 69.6 Å². The molecule has 5 rings (SSSR count). The number of rotatable bonds is 4. The van der Waals surface area contributed by atoms with Gasteiger partial charge in [0, 0.05) is 16.8 Å². The Bertz CT molecular complexity index is 1460. The Hall–Kier alpha value is -3.13. The summed E-state index contributed by atoms with van der Waals surface area (Å²) in [6.07, 6.45) is 6.88. The molecule has 208 valence electrons. The van der Waals surface area contributed by atoms with Crippen molar-refractivity contribution in [1.82, 2.24) is 9.97 Å². The molecular weight excluding hydrogens is 508 g/mol. The molecule has 0 amide bonds. The summed E-state index contributed by atoms with van der Waals surface area (Å²) in [6, 6.07) is 13.2. The maximum Gasteiger partial charge on any atom is 0.264 e. The lowest BCUT2D eigenvalue weighted by Crippen LogP contribution is -2.32. The van der Waals surface area contributed by atoms with Gasteiger partial charge in [-0.15, -0.1) is 0 Å². The number of hydrogen-bond donors (Lipinski definition) is 2. The second-order valence-electron chi connectivity index (χ2n) is 12.3. The predicted octanol–water partition coefficient (Wildman–Crippen LogP) is 6.90. The third-order valence-corrected chi connectivity index (χ3v) is 9.03. The normalized spacial score (nSPS) is 19.3. The predicted molar refractivity (Wildman–Crippen MR) is 157 cm³/mol. The van der Waals surface area contributed by atoms with Gasteiger partial charge >= 0.3 is 0 Å². The van der Waals surface area contributed by atoms with Crippen LogP contribution in [-0.2, 0) is 16.4 Å². The molecule has 7 nitrogen and oxygen atoms in total. The van der Waals surface area contributed by atoms with Gasteiger partial charge in [0.2, 0.25) is 11.8 Å². The van der Waals surface area contributed by atoms with Crippen LogP contribution in [0, 0.1) is 25.2 Å². The Morgan fingerprint density at radius 2 is 1.77 bits per heavy atom. The van der Waals surface area contributed by atoms with Crippen LogP contribution in [0.2, 0.25) is 0 Å². The van der Waals surface area contributed by atoms with Crippen molar-refractivity contribution in [3.8, 4) is 17.1 Å². The highest BCUT2D eigenvalue weighted by molar-refractivity contribution is 7.92. The van der Waals surface area contributed by atoms with E-state index < -0.39 is 10.0 Å². The highest BCUT2D eigenvalue weighted by atomic mass is 32.2. The van der Waals surface area contributed by atoms with Crippen LogP contribution in [0.5, 0.6) is 5.88 Å². The van der Waals surface area contributed by atoms with Crippen LogP contribution in [0.3, 0.4) is 0 Å². The minimum absolute atomic E-state index is 0.0203. The largest absolute Gasteiger partial charge is 0.475 e. The zero-order chi connectivity index (χ0) is 27.8. The fourth-order valence-corrected chi connectivity index (χ4v) is 6.92. The summed E-state index contributed by atoms with van der Waals surface area (Å²) in [6.45, 7) is 11.0. The molecule has 0 saturated heterocycles. The summed E-state index contributed by atoms with van der Waals surface area (Å²) in [4.78, 5) is 9.54. The molecule has 1 atom stereocenters. The molecule has 0 unspecified atom stereocenters. The molecule has 1 aromatic heterocycles. The molecule has 2 N–H and O–H groups in total. The number of aromatic nitrogens is 2. The average Bonchev–Trinajstić information content (AvgIpc) is 3.36. The monoisotopic (exact) mass is 548 g/mol. The number of hydrogen-bond acceptors (Lipinski definition) is 6. The lowest BCUT2D eigenvalue weighted by atomic mass is 9.88. The lowest BCUT2D eigenvalue weighted by Gasteiger charge is -2.28. The van der Waals surface area contributed by atoms with Crippen LogP contribution in [0.4, 0.5) is 11.6 Å². The fourth-order valence-electron chi connectivity index (χ4n) is 5.93. The maximum absolute atomic E-state index is 13.4. The van der Waals surface area contributed by atoms with Crippen LogP contribution >= 0.6 is 0 Å². The number of aryl methyl sites for hydroxylation is 1. The van der Waals surface area contributed by atoms with Crippen molar-refractivity contribution in [3.05, 3.63) is 59.2 Å². The fraction of sp³-hybridized carbons (Fsp3) is 0.484. The van der Waals surface area contributed by atoms with E-state index in [-0.39, 0.29) is 22.3 Å². The number of nitrogens with zero attached hydrogens (tertiary/aromatic N) is 2. The Balaban J connectivity index is 1.63. The van der Waals surface area contributed by atoms with Gasteiger partial charge in [-0.25, -0.2) is 18.1 Å². The van der Waals surface area contributed by atoms with Gasteiger partial charge in [0.1, 0.15) is 6.61 Å². The summed E-state index contributed by atoms with van der Waals surface area (Å²) in [5, 5.41) is 3.50. The Morgan fingerprint density at radius 1 is 1.03 bits per heavy atom. The van der Waals surface area contributed by atoms with Gasteiger partial charge in [0.25, 0.3) is 10.0 Å². The van der Waals surface area contributed by atoms with E-state index in [1.165, 1.54) is 31.2 Å². The van der Waals surface area contributed by atoms with Gasteiger partial charge in [-0.05, 0) is 67.3 Å². The second-order valence-corrected chi connectivity index (χ2v) is 14.0. The molecule has 2 heterocycles. The Kier molecular flexibility index (Phi) is 7.60. The molecule has 1 aliphatic carbocycles. The molecule has 0 spiro atoms. The van der Waals surface area contributed by atoms with Crippen LogP contribution < -0.4 is 14.8 Å². The molecule has 0 radical (unpaired) electrons. The SMILES string of the molecule is Cc1cccc(CC2CCCC2)c1-c1nc2nc(c1C)OC[C@@H](CC(C)(C)C)Nc1cccc(c1)S(=O)(=O)N2. The number of fused-ring (bicyclic) bond motifs is 4. The van der Waals surface area contributed by atoms with E-state index in [9.17, 15) is 8.42 Å². The third kappa shape index (κ3) is 6.38. The second kappa shape index (κ2) is 10.8. The zero-order valence-electron chi connectivity index (χ0n) is 23.7. The van der Waals surface area contributed by atoms with Crippen molar-refractivity contribution < 1.29 is 13.2 Å². The highest BCUT2D eigenvalue weighted by Crippen LogP contribution is 2.37. The first-order valence-electron chi connectivity index (χ1n) is 14.0. The maximum atomic E-state index is 13.4. The van der Waals surface area contributed by atoms with E-state index >= 15 is 0 Å². The number of sulfonamides is 1. The van der Waals surface area contributed by atoms with Crippen molar-refractivity contribution in [2.45, 2.75) is 84.1 Å². The van der Waals surface area contributed by atoms with Crippen molar-refractivity contribution in [2.75, 3.05) is 16.6 Å². The number of nitrogens with one attached hydrogen (secondary N) is 2. The molecule has 1 fully saturated rings. The Morgan fingerprint density at radius 3 is 2.51 bits per heavy atom. The quantitative estimate of drug-likeness (QED) is 0.368. The minimum atomic E-state index is -3.92. The molecule has 2 aromatic carbocycles. The summed E-state index contributed by atoms with van der Waals surface area (Å²) in [5.74, 6) is 1.08. The summed E-state index contributed by atoms with van der Waals surface area (Å²) in [5.41, 5.74) is 5.69. The van der Waals surface area contributed by atoms with E-state index in [1.54, 1.807) is 18.2 Å². The molecule has 1 saturated carbocycles. The summed E-state index contributed by atoms with van der Waals surface area (Å²) >= 11 is 0. The lowest BCUT2D eigenvalue weighted by molar-refractivity contribution is 0.243. The van der Waals surface area contributed by atoms with Crippen molar-refractivity contribution in [2.24, 2.45) is 11.3 Å². The molecule has 4 bridgehead atoms. The zero-order valence-corrected chi connectivity index (χ0v) is 24.5. The Labute approximate surface area is 232 Å². The van der Waals surface area contributed by atoms with Crippen LogP contribution in [0.15, 0.2) is 47.4 Å². The molecule has 8 heteroatoms. The van der Waals surface area contributed by atoms with Crippen LogP contribution in [0.25, 0.3) is 11.3 Å². The van der Waals surface area contributed by atoms with Gasteiger partial charge in [-0.2, -0.15) is 4.98 Å². The van der Waals surface area contributed by atoms with E-state index in [1.807, 2.05) is 13.0 Å². The first-order valence-corrected chi connectivity index (χ1v) is 15.5. The van der Waals surface area contributed by atoms with Crippen LogP contribution in [-0.4, -0.2) is 31.0 Å². The standard InChI is InChI=1S/C31H40N4O3S/c1-20-10-8-13-23(16-22-11-6-7-12-22)27(20)28-21(2)29-34-30(33-28)35-39(36,37)26-15-9-14-24(17-26)32-25(19-38-29)18-31(3,4)5/h8-10,13-15,17,22,25,32H,6-7,11-12,16,18-19H2,1-5H3,(H,33,34,35)/t25-/m1/s1. The van der Waals surface area contributed by atoms with E-state index in [4.69, 9.17) is 9.72 Å². The van der Waals surface area contributed by atoms with Crippen molar-refractivity contribution in [1.29, 1.82) is 0 Å². The molecule has 2 aliphatic rings. The molecular formula is C31H40N4O3S. The molecule has 39 heavy (non-hydrogen) atoms. The van der Waals surface area contributed by atoms with Gasteiger partial charge in [-0.3, -0.25) is 0 Å². The van der Waals surface area contributed by atoms with E-state index in [2.05, 4.69) is 60.9 Å². The first-order chi connectivity index (χ1) is 18.5. The smallest absolute Gasteiger partial charge is 0.264 e. The summed E-state index contributed by atoms with van der Waals surface area (Å²) in [7, 11) is -3.92. The molecule has 3 aromatic rings. The van der Waals surface area contributed by atoms with Gasteiger partial charge in [0.05, 0.1) is 16.6 Å². The average molecular weight is 549 g/mol. The van der Waals surface area contributed by atoms with Crippen molar-refractivity contribution in [3.63, 3.8) is 0 Å². The molecule has 1 aliphatic heterocycles. The summed E-state index contributed by atoms with van der Waals surface area (Å²) < 4.78 is 35.9. The first kappa shape index (κ1) is 27.4. The van der Waals surface area contributed by atoms with Gasteiger partial charge in [0.15, 0.2) is 0 Å². The number of benzene rings is 2. The minimum Gasteiger partial charge on any atom is -0.475 e. The number of anilines is 2. The van der Waals surface area contributed by atoms with Crippen molar-refractivity contribution >= 4 is 21.7 Å². The van der Waals surface area contributed by atoms with E-state index in [0.717, 1.165) is 40.9 Å². The highest BCUT2D eigenvalue weighted by Gasteiger charge is 2.26. The van der Waals surface area contributed by atoms with Gasteiger partial charge in [-0.1, -0.05) is 70.7 Å².